The van der Waals surface area contributed by atoms with Crippen LogP contribution in [0.1, 0.15) is 55.5 Å². The topological polar surface area (TPSA) is 113 Å². The van der Waals surface area contributed by atoms with E-state index in [1.54, 1.807) is 32.9 Å². The third-order valence-corrected chi connectivity index (χ3v) is 9.16. The van der Waals surface area contributed by atoms with E-state index in [0.29, 0.717) is 24.3 Å². The quantitative estimate of drug-likeness (QED) is 0.613. The van der Waals surface area contributed by atoms with Gasteiger partial charge < -0.3 is 5.32 Å². The standard InChI is InChI=1S/C23H31N3O5S2/c1-17(2)25-32(28,29)21-12-9-19(10-13-21)23(27)24-20-11-8-18(3)22(16-20)33(30,31)26-14-6-4-5-7-15-26/h8-13,16-17,25H,4-7,14-15H2,1-3H3,(H,24,27). The maximum atomic E-state index is 13.2. The summed E-state index contributed by atoms with van der Waals surface area (Å²) in [7, 11) is -7.32. The minimum atomic E-state index is -3.66. The fraction of sp³-hybridized carbons (Fsp3) is 0.435. The Hall–Kier alpha value is -2.27. The number of hydrogen-bond acceptors (Lipinski definition) is 5. The molecule has 2 aromatic rings. The van der Waals surface area contributed by atoms with E-state index in [-0.39, 0.29) is 21.4 Å². The van der Waals surface area contributed by atoms with Crippen molar-refractivity contribution in [1.82, 2.24) is 9.03 Å². The van der Waals surface area contributed by atoms with E-state index < -0.39 is 26.0 Å². The van der Waals surface area contributed by atoms with Crippen molar-refractivity contribution >= 4 is 31.6 Å². The van der Waals surface area contributed by atoms with Gasteiger partial charge in [-0.15, -0.1) is 0 Å². The smallest absolute Gasteiger partial charge is 0.255 e. The molecule has 0 aromatic heterocycles. The lowest BCUT2D eigenvalue weighted by Gasteiger charge is -2.21. The molecule has 180 valence electrons. The number of anilines is 1. The van der Waals surface area contributed by atoms with Gasteiger partial charge in [-0.2, -0.15) is 4.31 Å². The van der Waals surface area contributed by atoms with Crippen LogP contribution in [0.4, 0.5) is 5.69 Å². The lowest BCUT2D eigenvalue weighted by molar-refractivity contribution is 0.102. The molecule has 0 unspecified atom stereocenters. The summed E-state index contributed by atoms with van der Waals surface area (Å²) < 4.78 is 55.0. The number of nitrogens with zero attached hydrogens (tertiary/aromatic N) is 1. The molecule has 1 fully saturated rings. The summed E-state index contributed by atoms with van der Waals surface area (Å²) in [6.07, 6.45) is 3.73. The van der Waals surface area contributed by atoms with Gasteiger partial charge >= 0.3 is 0 Å². The van der Waals surface area contributed by atoms with Gasteiger partial charge in [0.05, 0.1) is 9.79 Å². The van der Waals surface area contributed by atoms with Crippen LogP contribution in [0.5, 0.6) is 0 Å². The zero-order valence-electron chi connectivity index (χ0n) is 19.2. The Balaban J connectivity index is 1.79. The number of amides is 1. The molecule has 1 saturated heterocycles. The molecule has 33 heavy (non-hydrogen) atoms. The molecule has 0 atom stereocenters. The summed E-state index contributed by atoms with van der Waals surface area (Å²) in [5.74, 6) is -0.460. The highest BCUT2D eigenvalue weighted by molar-refractivity contribution is 7.89. The predicted molar refractivity (Wildman–Crippen MR) is 128 cm³/mol. The molecule has 1 aliphatic rings. The van der Waals surface area contributed by atoms with Crippen LogP contribution >= 0.6 is 0 Å². The van der Waals surface area contributed by atoms with Crippen LogP contribution in [0.2, 0.25) is 0 Å². The molecule has 8 nitrogen and oxygen atoms in total. The zero-order chi connectivity index (χ0) is 24.2. The molecule has 1 amide bonds. The fourth-order valence-corrected chi connectivity index (χ4v) is 6.76. The van der Waals surface area contributed by atoms with Crippen molar-refractivity contribution in [3.63, 3.8) is 0 Å². The lowest BCUT2D eigenvalue weighted by atomic mass is 10.2. The summed E-state index contributed by atoms with van der Waals surface area (Å²) in [5.41, 5.74) is 1.23. The normalized spacial score (nSPS) is 15.9. The molecule has 1 heterocycles. The Bertz CT molecular complexity index is 1200. The zero-order valence-corrected chi connectivity index (χ0v) is 20.8. The second kappa shape index (κ2) is 10.3. The maximum absolute atomic E-state index is 13.2. The maximum Gasteiger partial charge on any atom is 0.255 e. The van der Waals surface area contributed by atoms with Crippen LogP contribution in [-0.2, 0) is 20.0 Å². The van der Waals surface area contributed by atoms with Gasteiger partial charge in [0.1, 0.15) is 0 Å². The van der Waals surface area contributed by atoms with E-state index in [1.165, 1.54) is 34.6 Å². The number of benzene rings is 2. The lowest BCUT2D eigenvalue weighted by Crippen LogP contribution is -2.32. The molecule has 0 radical (unpaired) electrons. The summed E-state index contributed by atoms with van der Waals surface area (Å²) in [6.45, 7) is 6.18. The first kappa shape index (κ1) is 25.4. The molecular weight excluding hydrogens is 462 g/mol. The van der Waals surface area contributed by atoms with Gasteiger partial charge in [0.25, 0.3) is 5.91 Å². The van der Waals surface area contributed by atoms with Gasteiger partial charge in [0, 0.05) is 30.4 Å². The van der Waals surface area contributed by atoms with Crippen LogP contribution in [0.25, 0.3) is 0 Å². The van der Waals surface area contributed by atoms with Gasteiger partial charge in [-0.3, -0.25) is 4.79 Å². The first-order valence-corrected chi connectivity index (χ1v) is 14.0. The van der Waals surface area contributed by atoms with Crippen LogP contribution < -0.4 is 10.0 Å². The van der Waals surface area contributed by atoms with Crippen molar-refractivity contribution in [2.75, 3.05) is 18.4 Å². The number of sulfonamides is 2. The third kappa shape index (κ3) is 6.20. The van der Waals surface area contributed by atoms with Crippen LogP contribution in [0.3, 0.4) is 0 Å². The van der Waals surface area contributed by atoms with Gasteiger partial charge in [0.15, 0.2) is 0 Å². The number of carbonyl (C=O) groups is 1. The molecular formula is C23H31N3O5S2. The highest BCUT2D eigenvalue weighted by Gasteiger charge is 2.27. The van der Waals surface area contributed by atoms with Crippen LogP contribution in [-0.4, -0.2) is 46.2 Å². The first-order chi connectivity index (χ1) is 15.5. The number of aryl methyl sites for hydroxylation is 1. The van der Waals surface area contributed by atoms with Crippen LogP contribution in [0.15, 0.2) is 52.3 Å². The van der Waals surface area contributed by atoms with Gasteiger partial charge in [0.2, 0.25) is 20.0 Å². The SMILES string of the molecule is Cc1ccc(NC(=O)c2ccc(S(=O)(=O)NC(C)C)cc2)cc1S(=O)(=O)N1CCCCCC1. The molecule has 0 saturated carbocycles. The van der Waals surface area contributed by atoms with Crippen molar-refractivity contribution in [3.8, 4) is 0 Å². The van der Waals surface area contributed by atoms with E-state index in [2.05, 4.69) is 10.0 Å². The van der Waals surface area contributed by atoms with E-state index in [1.807, 2.05) is 0 Å². The average Bonchev–Trinajstić information content (AvgIpc) is 3.04. The predicted octanol–water partition coefficient (Wildman–Crippen LogP) is 3.50. The second-order valence-electron chi connectivity index (χ2n) is 8.55. The van der Waals surface area contributed by atoms with E-state index in [9.17, 15) is 21.6 Å². The molecule has 10 heteroatoms. The number of hydrogen-bond donors (Lipinski definition) is 2. The molecule has 0 spiro atoms. The van der Waals surface area contributed by atoms with Gasteiger partial charge in [-0.1, -0.05) is 18.9 Å². The minimum absolute atomic E-state index is 0.0638. The second-order valence-corrected chi connectivity index (χ2v) is 12.2. The Labute approximate surface area is 196 Å². The highest BCUT2D eigenvalue weighted by Crippen LogP contribution is 2.26. The van der Waals surface area contributed by atoms with Crippen molar-refractivity contribution in [3.05, 3.63) is 53.6 Å². The van der Waals surface area contributed by atoms with Crippen molar-refractivity contribution in [2.24, 2.45) is 0 Å². The molecule has 3 rings (SSSR count). The van der Waals surface area contributed by atoms with Gasteiger partial charge in [-0.05, 0) is 75.6 Å². The number of rotatable bonds is 7. The Kier molecular flexibility index (Phi) is 7.94. The largest absolute Gasteiger partial charge is 0.322 e. The Morgan fingerprint density at radius 2 is 1.52 bits per heavy atom. The summed E-state index contributed by atoms with van der Waals surface area (Å²) >= 11 is 0. The van der Waals surface area contributed by atoms with Crippen molar-refractivity contribution in [1.29, 1.82) is 0 Å². The Morgan fingerprint density at radius 1 is 0.909 bits per heavy atom. The van der Waals surface area contributed by atoms with E-state index >= 15 is 0 Å². The van der Waals surface area contributed by atoms with Crippen molar-refractivity contribution in [2.45, 2.75) is 62.3 Å². The molecule has 1 aliphatic heterocycles. The Morgan fingerprint density at radius 3 is 2.09 bits per heavy atom. The summed E-state index contributed by atoms with van der Waals surface area (Å²) in [4.78, 5) is 13.0. The van der Waals surface area contributed by atoms with Gasteiger partial charge in [-0.25, -0.2) is 21.6 Å². The monoisotopic (exact) mass is 493 g/mol. The van der Waals surface area contributed by atoms with Crippen LogP contribution in [0, 0.1) is 6.92 Å². The molecule has 2 N–H and O–H groups in total. The van der Waals surface area contributed by atoms with E-state index in [4.69, 9.17) is 0 Å². The third-order valence-electron chi connectivity index (χ3n) is 5.45. The highest BCUT2D eigenvalue weighted by atomic mass is 32.2. The molecule has 0 aliphatic carbocycles. The minimum Gasteiger partial charge on any atom is -0.322 e. The van der Waals surface area contributed by atoms with Crippen molar-refractivity contribution < 1.29 is 21.6 Å². The molecule has 0 bridgehead atoms. The number of nitrogens with one attached hydrogen (secondary N) is 2. The summed E-state index contributed by atoms with van der Waals surface area (Å²) in [6, 6.07) is 10.1. The average molecular weight is 494 g/mol. The first-order valence-electron chi connectivity index (χ1n) is 11.1. The van der Waals surface area contributed by atoms with E-state index in [0.717, 1.165) is 25.7 Å². The number of carbonyl (C=O) groups excluding carboxylic acids is 1. The summed E-state index contributed by atoms with van der Waals surface area (Å²) in [5, 5.41) is 2.72. The fourth-order valence-electron chi connectivity index (χ4n) is 3.74. The molecule has 2 aromatic carbocycles.